The summed E-state index contributed by atoms with van der Waals surface area (Å²) in [4.78, 5) is 17.4. The lowest BCUT2D eigenvalue weighted by Crippen LogP contribution is -2.30. The van der Waals surface area contributed by atoms with Gasteiger partial charge < -0.3 is 4.74 Å². The Morgan fingerprint density at radius 1 is 1.50 bits per heavy atom. The number of hydroxylamine groups is 2. The Kier molecular flexibility index (Phi) is 3.50. The Balaban J connectivity index is 2.13. The highest BCUT2D eigenvalue weighted by Gasteiger charge is 2.40. The number of hydrogen-bond donors (Lipinski definition) is 0. The number of methoxy groups -OCH3 is 1. The minimum atomic E-state index is -0.459. The van der Waals surface area contributed by atoms with E-state index in [9.17, 15) is 4.79 Å². The molecule has 1 aliphatic heterocycles. The van der Waals surface area contributed by atoms with E-state index in [2.05, 4.69) is 0 Å². The molecule has 1 saturated heterocycles. The third-order valence-electron chi connectivity index (χ3n) is 2.96. The first-order chi connectivity index (χ1) is 8.44. The zero-order chi connectivity index (χ0) is 13.3. The van der Waals surface area contributed by atoms with Gasteiger partial charge in [-0.1, -0.05) is 17.7 Å². The molecule has 0 radical (unpaired) electrons. The average molecular weight is 270 g/mol. The molecule has 1 heterocycles. The Labute approximate surface area is 111 Å². The van der Waals surface area contributed by atoms with Crippen molar-refractivity contribution in [3.05, 3.63) is 28.8 Å². The summed E-state index contributed by atoms with van der Waals surface area (Å²) < 4.78 is 5.08. The van der Waals surface area contributed by atoms with Crippen molar-refractivity contribution in [2.75, 3.05) is 13.7 Å². The van der Waals surface area contributed by atoms with Crippen LogP contribution in [0.5, 0.6) is 5.75 Å². The molecule has 0 aliphatic carbocycles. The number of carbonyl (C=O) groups is 1. The van der Waals surface area contributed by atoms with Gasteiger partial charge in [0, 0.05) is 5.02 Å². The molecule has 5 heteroatoms. The number of halogens is 1. The quantitative estimate of drug-likeness (QED) is 0.847. The highest BCUT2D eigenvalue weighted by molar-refractivity contribution is 6.31. The smallest absolute Gasteiger partial charge is 0.254 e. The highest BCUT2D eigenvalue weighted by Crippen LogP contribution is 2.30. The molecule has 0 unspecified atom stereocenters. The van der Waals surface area contributed by atoms with Crippen LogP contribution in [-0.2, 0) is 16.2 Å². The molecule has 98 valence electrons. The summed E-state index contributed by atoms with van der Waals surface area (Å²) in [5.41, 5.74) is 0.377. The summed E-state index contributed by atoms with van der Waals surface area (Å²) >= 11 is 6.13. The van der Waals surface area contributed by atoms with E-state index in [0.29, 0.717) is 23.9 Å². The van der Waals surface area contributed by atoms with Crippen molar-refractivity contribution in [2.45, 2.75) is 20.4 Å². The van der Waals surface area contributed by atoms with Crippen LogP contribution in [0.3, 0.4) is 0 Å². The fraction of sp³-hybridized carbons (Fsp3) is 0.462. The number of ether oxygens (including phenoxy) is 1. The van der Waals surface area contributed by atoms with Crippen molar-refractivity contribution >= 4 is 17.5 Å². The third-order valence-corrected chi connectivity index (χ3v) is 3.31. The lowest BCUT2D eigenvalue weighted by atomic mass is 9.95. The molecule has 1 amide bonds. The van der Waals surface area contributed by atoms with E-state index in [1.807, 2.05) is 26.0 Å². The summed E-state index contributed by atoms with van der Waals surface area (Å²) in [6, 6.07) is 5.37. The highest BCUT2D eigenvalue weighted by atomic mass is 35.5. The molecule has 0 saturated carbocycles. The largest absolute Gasteiger partial charge is 0.497 e. The molecule has 0 N–H and O–H groups in total. The van der Waals surface area contributed by atoms with Crippen molar-refractivity contribution in [3.63, 3.8) is 0 Å². The van der Waals surface area contributed by atoms with Crippen LogP contribution in [0.25, 0.3) is 0 Å². The second-order valence-corrected chi connectivity index (χ2v) is 5.36. The van der Waals surface area contributed by atoms with Gasteiger partial charge in [-0.3, -0.25) is 9.63 Å². The normalized spacial score (nSPS) is 18.2. The first kappa shape index (κ1) is 13.2. The van der Waals surface area contributed by atoms with Crippen molar-refractivity contribution in [1.82, 2.24) is 5.06 Å². The van der Waals surface area contributed by atoms with Crippen molar-refractivity contribution in [2.24, 2.45) is 5.41 Å². The zero-order valence-corrected chi connectivity index (χ0v) is 11.5. The van der Waals surface area contributed by atoms with Gasteiger partial charge in [-0.05, 0) is 31.5 Å². The van der Waals surface area contributed by atoms with Gasteiger partial charge >= 0.3 is 0 Å². The van der Waals surface area contributed by atoms with Crippen LogP contribution in [0.2, 0.25) is 5.02 Å². The van der Waals surface area contributed by atoms with Crippen LogP contribution in [-0.4, -0.2) is 24.7 Å². The second-order valence-electron chi connectivity index (χ2n) is 4.96. The second kappa shape index (κ2) is 4.78. The van der Waals surface area contributed by atoms with E-state index >= 15 is 0 Å². The Hall–Kier alpha value is -1.26. The van der Waals surface area contributed by atoms with Crippen molar-refractivity contribution in [3.8, 4) is 5.75 Å². The first-order valence-electron chi connectivity index (χ1n) is 5.71. The van der Waals surface area contributed by atoms with E-state index < -0.39 is 5.41 Å². The summed E-state index contributed by atoms with van der Waals surface area (Å²) in [7, 11) is 1.58. The van der Waals surface area contributed by atoms with Crippen LogP contribution in [0.1, 0.15) is 19.4 Å². The summed E-state index contributed by atoms with van der Waals surface area (Å²) in [5.74, 6) is 0.673. The van der Waals surface area contributed by atoms with Gasteiger partial charge in [0.2, 0.25) is 0 Å². The van der Waals surface area contributed by atoms with Crippen LogP contribution >= 0.6 is 11.6 Å². The SMILES string of the molecule is COc1ccc(CN2OCC(C)(C)C2=O)c(Cl)c1. The van der Waals surface area contributed by atoms with Gasteiger partial charge in [0.1, 0.15) is 5.75 Å². The maximum absolute atomic E-state index is 12.0. The molecule has 0 spiro atoms. The number of hydrogen-bond acceptors (Lipinski definition) is 3. The monoisotopic (exact) mass is 269 g/mol. The molecule has 1 aromatic carbocycles. The van der Waals surface area contributed by atoms with Crippen molar-refractivity contribution < 1.29 is 14.4 Å². The molecule has 18 heavy (non-hydrogen) atoms. The van der Waals surface area contributed by atoms with E-state index in [1.54, 1.807) is 13.2 Å². The number of nitrogens with zero attached hydrogens (tertiary/aromatic N) is 1. The number of benzene rings is 1. The van der Waals surface area contributed by atoms with Gasteiger partial charge in [-0.25, -0.2) is 5.06 Å². The maximum Gasteiger partial charge on any atom is 0.254 e. The van der Waals surface area contributed by atoms with Gasteiger partial charge in [0.15, 0.2) is 0 Å². The Morgan fingerprint density at radius 2 is 2.22 bits per heavy atom. The average Bonchev–Trinajstić information content (AvgIpc) is 2.58. The van der Waals surface area contributed by atoms with Gasteiger partial charge in [-0.15, -0.1) is 0 Å². The molecule has 1 aromatic rings. The molecule has 1 fully saturated rings. The number of amides is 1. The Morgan fingerprint density at radius 3 is 2.72 bits per heavy atom. The zero-order valence-electron chi connectivity index (χ0n) is 10.7. The summed E-state index contributed by atoms with van der Waals surface area (Å²) in [6.07, 6.45) is 0. The third kappa shape index (κ3) is 2.44. The van der Waals surface area contributed by atoms with E-state index in [4.69, 9.17) is 21.2 Å². The minimum Gasteiger partial charge on any atom is -0.497 e. The molecule has 4 nitrogen and oxygen atoms in total. The molecular weight excluding hydrogens is 254 g/mol. The van der Waals surface area contributed by atoms with Gasteiger partial charge in [-0.2, -0.15) is 0 Å². The molecule has 2 rings (SSSR count). The fourth-order valence-corrected chi connectivity index (χ4v) is 1.98. The van der Waals surface area contributed by atoms with E-state index in [1.165, 1.54) is 5.06 Å². The summed E-state index contributed by atoms with van der Waals surface area (Å²) in [5, 5.41) is 1.93. The maximum atomic E-state index is 12.0. The predicted molar refractivity (Wildman–Crippen MR) is 68.3 cm³/mol. The first-order valence-corrected chi connectivity index (χ1v) is 6.09. The van der Waals surface area contributed by atoms with Crippen molar-refractivity contribution in [1.29, 1.82) is 0 Å². The van der Waals surface area contributed by atoms with Crippen LogP contribution in [0.4, 0.5) is 0 Å². The van der Waals surface area contributed by atoms with Gasteiger partial charge in [0.25, 0.3) is 5.91 Å². The summed E-state index contributed by atoms with van der Waals surface area (Å²) in [6.45, 7) is 4.49. The standard InChI is InChI=1S/C13H16ClNO3/c1-13(2)8-18-15(12(13)16)7-9-4-5-10(17-3)6-11(9)14/h4-6H,7-8H2,1-3H3. The Bertz CT molecular complexity index is 473. The molecule has 0 bridgehead atoms. The molecule has 0 aromatic heterocycles. The lowest BCUT2D eigenvalue weighted by Gasteiger charge is -2.17. The van der Waals surface area contributed by atoms with Crippen LogP contribution in [0.15, 0.2) is 18.2 Å². The molecule has 1 aliphatic rings. The van der Waals surface area contributed by atoms with Gasteiger partial charge in [0.05, 0.1) is 25.7 Å². The number of rotatable bonds is 3. The van der Waals surface area contributed by atoms with E-state index in [0.717, 1.165) is 5.56 Å². The molecular formula is C13H16ClNO3. The van der Waals surface area contributed by atoms with Crippen LogP contribution < -0.4 is 4.74 Å². The topological polar surface area (TPSA) is 38.8 Å². The lowest BCUT2D eigenvalue weighted by molar-refractivity contribution is -0.165. The minimum absolute atomic E-state index is 0.0191. The molecule has 0 atom stereocenters. The van der Waals surface area contributed by atoms with E-state index in [-0.39, 0.29) is 5.91 Å². The van der Waals surface area contributed by atoms with Crippen LogP contribution in [0, 0.1) is 5.41 Å². The number of carbonyl (C=O) groups excluding carboxylic acids is 1. The fourth-order valence-electron chi connectivity index (χ4n) is 1.75. The predicted octanol–water partition coefficient (Wildman–Crippen LogP) is 2.65.